The van der Waals surface area contributed by atoms with E-state index in [9.17, 15) is 8.42 Å². The number of sulfone groups is 1. The van der Waals surface area contributed by atoms with Crippen molar-refractivity contribution in [3.63, 3.8) is 0 Å². The van der Waals surface area contributed by atoms with E-state index < -0.39 is 15.4 Å². The van der Waals surface area contributed by atoms with Crippen LogP contribution in [0.25, 0.3) is 0 Å². The lowest BCUT2D eigenvalue weighted by Crippen LogP contribution is -2.59. The molecule has 1 aromatic rings. The van der Waals surface area contributed by atoms with Gasteiger partial charge < -0.3 is 5.73 Å². The lowest BCUT2D eigenvalue weighted by molar-refractivity contribution is 0.0904. The Labute approximate surface area is 132 Å². The molecular weight excluding hydrogens is 308 g/mol. The van der Waals surface area contributed by atoms with Gasteiger partial charge in [0.05, 0.1) is 11.5 Å². The van der Waals surface area contributed by atoms with Crippen LogP contribution >= 0.6 is 11.6 Å². The Morgan fingerprint density at radius 2 is 2.00 bits per heavy atom. The van der Waals surface area contributed by atoms with Crippen molar-refractivity contribution in [1.29, 1.82) is 0 Å². The zero-order valence-corrected chi connectivity index (χ0v) is 14.1. The normalized spacial score (nSPS) is 26.7. The van der Waals surface area contributed by atoms with E-state index >= 15 is 0 Å². The van der Waals surface area contributed by atoms with E-state index in [1.807, 2.05) is 31.3 Å². The van der Waals surface area contributed by atoms with Gasteiger partial charge in [0.2, 0.25) is 0 Å². The molecule has 0 spiro atoms. The number of rotatable bonds is 4. The van der Waals surface area contributed by atoms with Crippen LogP contribution in [0.15, 0.2) is 24.3 Å². The van der Waals surface area contributed by atoms with Gasteiger partial charge in [0, 0.05) is 23.1 Å². The van der Waals surface area contributed by atoms with E-state index in [0.717, 1.165) is 12.0 Å². The van der Waals surface area contributed by atoms with Gasteiger partial charge in [-0.2, -0.15) is 0 Å². The first-order valence-corrected chi connectivity index (χ1v) is 9.38. The summed E-state index contributed by atoms with van der Waals surface area (Å²) >= 11 is 5.92. The van der Waals surface area contributed by atoms with Crippen LogP contribution < -0.4 is 5.73 Å². The van der Waals surface area contributed by atoms with E-state index in [1.54, 1.807) is 0 Å². The zero-order valence-electron chi connectivity index (χ0n) is 12.5. The van der Waals surface area contributed by atoms with Crippen LogP contribution in [0.3, 0.4) is 0 Å². The van der Waals surface area contributed by atoms with Gasteiger partial charge in [-0.1, -0.05) is 23.7 Å². The molecule has 0 saturated carbocycles. The Balaban J connectivity index is 2.27. The van der Waals surface area contributed by atoms with Crippen LogP contribution in [0.4, 0.5) is 0 Å². The van der Waals surface area contributed by atoms with E-state index in [4.69, 9.17) is 17.3 Å². The average molecular weight is 331 g/mol. The topological polar surface area (TPSA) is 63.4 Å². The third-order valence-corrected chi connectivity index (χ3v) is 6.79. The minimum Gasteiger partial charge on any atom is -0.329 e. The van der Waals surface area contributed by atoms with Gasteiger partial charge in [0.25, 0.3) is 0 Å². The second-order valence-electron chi connectivity index (χ2n) is 5.96. The predicted octanol–water partition coefficient (Wildman–Crippen LogP) is 2.24. The first-order valence-electron chi connectivity index (χ1n) is 7.18. The minimum absolute atomic E-state index is 0.0825. The predicted molar refractivity (Wildman–Crippen MR) is 87.3 cm³/mol. The molecule has 2 N–H and O–H groups in total. The fourth-order valence-corrected chi connectivity index (χ4v) is 5.27. The molecule has 1 aliphatic heterocycles. The lowest BCUT2D eigenvalue weighted by atomic mass is 9.91. The maximum atomic E-state index is 12.0. The van der Waals surface area contributed by atoms with Crippen LogP contribution in [0.5, 0.6) is 0 Å². The summed E-state index contributed by atoms with van der Waals surface area (Å²) in [5.41, 5.74) is 6.61. The molecule has 1 aromatic carbocycles. The van der Waals surface area contributed by atoms with Crippen LogP contribution in [0.1, 0.15) is 31.4 Å². The monoisotopic (exact) mass is 330 g/mol. The first kappa shape index (κ1) is 16.7. The third kappa shape index (κ3) is 3.59. The van der Waals surface area contributed by atoms with Gasteiger partial charge in [0.15, 0.2) is 9.84 Å². The van der Waals surface area contributed by atoms with Crippen LogP contribution in [0.2, 0.25) is 5.02 Å². The summed E-state index contributed by atoms with van der Waals surface area (Å²) in [5, 5.41) is 0.697. The summed E-state index contributed by atoms with van der Waals surface area (Å²) in [6, 6.07) is 7.75. The molecule has 1 aliphatic rings. The molecule has 21 heavy (non-hydrogen) atoms. The quantitative estimate of drug-likeness (QED) is 0.919. The van der Waals surface area contributed by atoms with Crippen molar-refractivity contribution in [2.24, 2.45) is 5.73 Å². The zero-order chi connectivity index (χ0) is 15.7. The van der Waals surface area contributed by atoms with Crippen molar-refractivity contribution < 1.29 is 8.42 Å². The molecule has 118 valence electrons. The SMILES string of the molecule is CC(c1ccc(Cl)cc1)N(C)C1(CN)CCCS(=O)(=O)C1. The van der Waals surface area contributed by atoms with Gasteiger partial charge >= 0.3 is 0 Å². The molecule has 1 heterocycles. The Hall–Kier alpha value is -0.620. The Kier molecular flexibility index (Phi) is 4.98. The summed E-state index contributed by atoms with van der Waals surface area (Å²) in [5.74, 6) is 0.419. The number of benzene rings is 1. The third-order valence-electron chi connectivity index (χ3n) is 4.65. The fraction of sp³-hybridized carbons (Fsp3) is 0.600. The highest BCUT2D eigenvalue weighted by Crippen LogP contribution is 2.34. The molecule has 0 bridgehead atoms. The van der Waals surface area contributed by atoms with Crippen molar-refractivity contribution in [2.45, 2.75) is 31.3 Å². The molecule has 6 heteroatoms. The van der Waals surface area contributed by atoms with Crippen LogP contribution in [-0.2, 0) is 9.84 Å². The molecule has 0 aromatic heterocycles. The second kappa shape index (κ2) is 6.24. The Morgan fingerprint density at radius 3 is 2.52 bits per heavy atom. The molecule has 0 amide bonds. The largest absolute Gasteiger partial charge is 0.329 e. The number of hydrogen-bond donors (Lipinski definition) is 1. The van der Waals surface area contributed by atoms with Gasteiger partial charge in [-0.3, -0.25) is 4.90 Å². The van der Waals surface area contributed by atoms with E-state index in [0.29, 0.717) is 18.0 Å². The summed E-state index contributed by atoms with van der Waals surface area (Å²) in [6.45, 7) is 2.42. The number of nitrogens with zero attached hydrogens (tertiary/aromatic N) is 1. The summed E-state index contributed by atoms with van der Waals surface area (Å²) < 4.78 is 24.1. The molecule has 1 saturated heterocycles. The van der Waals surface area contributed by atoms with Crippen molar-refractivity contribution in [3.8, 4) is 0 Å². The van der Waals surface area contributed by atoms with Crippen molar-refractivity contribution in [3.05, 3.63) is 34.9 Å². The fourth-order valence-electron chi connectivity index (χ4n) is 3.13. The maximum absolute atomic E-state index is 12.0. The summed E-state index contributed by atoms with van der Waals surface area (Å²) in [7, 11) is -1.05. The van der Waals surface area contributed by atoms with Gasteiger partial charge in [-0.15, -0.1) is 0 Å². The maximum Gasteiger partial charge on any atom is 0.152 e. The minimum atomic E-state index is -3.01. The molecule has 0 aliphatic carbocycles. The van der Waals surface area contributed by atoms with Gasteiger partial charge in [-0.25, -0.2) is 8.42 Å². The summed E-state index contributed by atoms with van der Waals surface area (Å²) in [6.07, 6.45) is 1.49. The number of likely N-dealkylation sites (N-methyl/N-ethyl adjacent to an activating group) is 1. The highest BCUT2D eigenvalue weighted by molar-refractivity contribution is 7.91. The number of nitrogens with two attached hydrogens (primary N) is 1. The van der Waals surface area contributed by atoms with Crippen LogP contribution in [0, 0.1) is 0 Å². The second-order valence-corrected chi connectivity index (χ2v) is 8.58. The highest BCUT2D eigenvalue weighted by Gasteiger charge is 2.42. The van der Waals surface area contributed by atoms with Crippen molar-refractivity contribution in [2.75, 3.05) is 25.1 Å². The number of halogens is 1. The highest BCUT2D eigenvalue weighted by atomic mass is 35.5. The van der Waals surface area contributed by atoms with E-state index in [1.165, 1.54) is 0 Å². The standard InChI is InChI=1S/C15H23ClN2O2S/c1-12(13-4-6-14(16)7-5-13)18(2)15(10-17)8-3-9-21(19,20)11-15/h4-7,12H,3,8-11,17H2,1-2H3. The molecule has 2 rings (SSSR count). The molecule has 2 unspecified atom stereocenters. The smallest absolute Gasteiger partial charge is 0.152 e. The van der Waals surface area contributed by atoms with Crippen molar-refractivity contribution >= 4 is 21.4 Å². The molecule has 4 nitrogen and oxygen atoms in total. The average Bonchev–Trinajstić information content (AvgIpc) is 2.45. The lowest BCUT2D eigenvalue weighted by Gasteiger charge is -2.46. The Bertz CT molecular complexity index is 588. The summed E-state index contributed by atoms with van der Waals surface area (Å²) in [4.78, 5) is 2.12. The van der Waals surface area contributed by atoms with E-state index in [2.05, 4.69) is 11.8 Å². The molecule has 2 atom stereocenters. The van der Waals surface area contributed by atoms with Gasteiger partial charge in [-0.05, 0) is 44.5 Å². The Morgan fingerprint density at radius 1 is 1.38 bits per heavy atom. The van der Waals surface area contributed by atoms with Crippen molar-refractivity contribution in [1.82, 2.24) is 4.90 Å². The molecule has 0 radical (unpaired) electrons. The van der Waals surface area contributed by atoms with Gasteiger partial charge in [0.1, 0.15) is 0 Å². The molecular formula is C15H23ClN2O2S. The molecule has 1 fully saturated rings. The van der Waals surface area contributed by atoms with E-state index in [-0.39, 0.29) is 17.5 Å². The van der Waals surface area contributed by atoms with Crippen LogP contribution in [-0.4, -0.2) is 44.0 Å². The number of hydrogen-bond acceptors (Lipinski definition) is 4. The first-order chi connectivity index (χ1) is 9.80.